The van der Waals surface area contributed by atoms with Gasteiger partial charge in [-0.1, -0.05) is 55.4 Å². The number of ether oxygens (including phenoxy) is 1. The van der Waals surface area contributed by atoms with Crippen molar-refractivity contribution >= 4 is 17.7 Å². The first-order valence-corrected chi connectivity index (χ1v) is 11.0. The third-order valence-electron chi connectivity index (χ3n) is 5.17. The number of carbonyl (C=O) groups excluding carboxylic acids is 1. The molecule has 1 atom stereocenters. The van der Waals surface area contributed by atoms with Gasteiger partial charge >= 0.3 is 0 Å². The molecule has 6 nitrogen and oxygen atoms in total. The van der Waals surface area contributed by atoms with Crippen LogP contribution in [0.5, 0.6) is 0 Å². The summed E-state index contributed by atoms with van der Waals surface area (Å²) in [5.41, 5.74) is 2.47. The van der Waals surface area contributed by atoms with Crippen LogP contribution in [0.2, 0.25) is 0 Å². The Morgan fingerprint density at radius 2 is 1.93 bits per heavy atom. The Kier molecular flexibility index (Phi) is 7.50. The monoisotopic (exact) mass is 415 g/mol. The number of nitrogens with zero attached hydrogens (tertiary/aromatic N) is 3. The molecular formula is C22H29N3O3S. The Hall–Kier alpha value is -2.12. The van der Waals surface area contributed by atoms with Crippen LogP contribution in [-0.2, 0) is 23.0 Å². The molecule has 2 heterocycles. The van der Waals surface area contributed by atoms with Gasteiger partial charge in [0.25, 0.3) is 5.56 Å². The first kappa shape index (κ1) is 21.6. The van der Waals surface area contributed by atoms with Crippen molar-refractivity contribution in [2.75, 3.05) is 26.3 Å². The summed E-state index contributed by atoms with van der Waals surface area (Å²) in [6.07, 6.45) is 2.21. The van der Waals surface area contributed by atoms with Gasteiger partial charge in [-0.3, -0.25) is 14.2 Å². The van der Waals surface area contributed by atoms with Gasteiger partial charge in [0, 0.05) is 37.8 Å². The van der Waals surface area contributed by atoms with E-state index in [1.54, 1.807) is 11.6 Å². The summed E-state index contributed by atoms with van der Waals surface area (Å²) in [5, 5.41) is 0.361. The Morgan fingerprint density at radius 3 is 2.59 bits per heavy atom. The van der Waals surface area contributed by atoms with Crippen molar-refractivity contribution < 1.29 is 9.53 Å². The lowest BCUT2D eigenvalue weighted by Crippen LogP contribution is -2.45. The van der Waals surface area contributed by atoms with E-state index in [0.717, 1.165) is 24.1 Å². The first-order chi connectivity index (χ1) is 14.0. The molecule has 0 spiro atoms. The van der Waals surface area contributed by atoms with Gasteiger partial charge in [0.15, 0.2) is 5.16 Å². The van der Waals surface area contributed by atoms with Crippen LogP contribution in [-0.4, -0.2) is 51.9 Å². The molecule has 1 saturated heterocycles. The van der Waals surface area contributed by atoms with Crippen molar-refractivity contribution in [2.24, 2.45) is 7.05 Å². The number of hydrogen-bond acceptors (Lipinski definition) is 5. The molecule has 1 aliphatic heterocycles. The summed E-state index contributed by atoms with van der Waals surface area (Å²) >= 11 is 1.40. The van der Waals surface area contributed by atoms with E-state index in [1.165, 1.54) is 11.8 Å². The van der Waals surface area contributed by atoms with Gasteiger partial charge in [-0.05, 0) is 18.9 Å². The second kappa shape index (κ2) is 10.1. The second-order valence-electron chi connectivity index (χ2n) is 7.32. The number of amides is 1. The Bertz CT molecular complexity index is 892. The highest BCUT2D eigenvalue weighted by Gasteiger charge is 2.28. The molecule has 1 unspecified atom stereocenters. The molecule has 0 saturated carbocycles. The SMILES string of the molecule is CCCC(Sc1nc(C)c(Cc2ccccc2)c(=O)n1C)C(=O)N1CCOCC1. The number of rotatable bonds is 7. The average molecular weight is 416 g/mol. The fraction of sp³-hybridized carbons (Fsp3) is 0.500. The minimum absolute atomic E-state index is 0.0436. The molecule has 0 bridgehead atoms. The maximum atomic E-state index is 13.0. The van der Waals surface area contributed by atoms with Gasteiger partial charge in [0.05, 0.1) is 18.5 Å². The van der Waals surface area contributed by atoms with E-state index < -0.39 is 0 Å². The lowest BCUT2D eigenvalue weighted by Gasteiger charge is -2.30. The Labute approximate surface area is 176 Å². The highest BCUT2D eigenvalue weighted by Crippen LogP contribution is 2.26. The van der Waals surface area contributed by atoms with Gasteiger partial charge in [-0.15, -0.1) is 0 Å². The van der Waals surface area contributed by atoms with Crippen LogP contribution in [0.25, 0.3) is 0 Å². The molecule has 0 aliphatic carbocycles. The lowest BCUT2D eigenvalue weighted by atomic mass is 10.1. The fourth-order valence-electron chi connectivity index (χ4n) is 3.45. The summed E-state index contributed by atoms with van der Waals surface area (Å²) in [5.74, 6) is 0.111. The molecule has 0 N–H and O–H groups in total. The standard InChI is InChI=1S/C22H29N3O3S/c1-4-8-19(21(27)25-11-13-28-14-12-25)29-22-23-16(2)18(20(26)24(22)3)15-17-9-6-5-7-10-17/h5-7,9-10,19H,4,8,11-15H2,1-3H3. The minimum Gasteiger partial charge on any atom is -0.378 e. The normalized spacial score (nSPS) is 15.3. The zero-order chi connectivity index (χ0) is 20.8. The molecule has 156 valence electrons. The summed E-state index contributed by atoms with van der Waals surface area (Å²) in [6, 6.07) is 9.93. The van der Waals surface area contributed by atoms with Crippen LogP contribution in [0.4, 0.5) is 0 Å². The van der Waals surface area contributed by atoms with Gasteiger partial charge in [-0.2, -0.15) is 0 Å². The van der Waals surface area contributed by atoms with Crippen molar-refractivity contribution in [3.63, 3.8) is 0 Å². The predicted molar refractivity (Wildman–Crippen MR) is 115 cm³/mol. The second-order valence-corrected chi connectivity index (χ2v) is 8.49. The van der Waals surface area contributed by atoms with Gasteiger partial charge in [0.2, 0.25) is 5.91 Å². The molecule has 1 aromatic heterocycles. The summed E-state index contributed by atoms with van der Waals surface area (Å²) in [7, 11) is 1.74. The van der Waals surface area contributed by atoms with E-state index in [-0.39, 0.29) is 16.7 Å². The number of aryl methyl sites for hydroxylation is 1. The van der Waals surface area contributed by atoms with E-state index >= 15 is 0 Å². The van der Waals surface area contributed by atoms with Crippen molar-refractivity contribution in [1.29, 1.82) is 0 Å². The summed E-state index contributed by atoms with van der Waals surface area (Å²) in [6.45, 7) is 6.36. The first-order valence-electron chi connectivity index (χ1n) is 10.1. The van der Waals surface area contributed by atoms with Crippen molar-refractivity contribution in [3.8, 4) is 0 Å². The van der Waals surface area contributed by atoms with Crippen molar-refractivity contribution in [3.05, 3.63) is 57.5 Å². The molecular weight excluding hydrogens is 386 g/mol. The molecule has 1 fully saturated rings. The van der Waals surface area contributed by atoms with E-state index in [1.807, 2.05) is 42.2 Å². The minimum atomic E-state index is -0.240. The summed E-state index contributed by atoms with van der Waals surface area (Å²) in [4.78, 5) is 32.6. The van der Waals surface area contributed by atoms with E-state index in [0.29, 0.717) is 43.4 Å². The van der Waals surface area contributed by atoms with E-state index in [4.69, 9.17) is 9.72 Å². The molecule has 1 aliphatic rings. The highest BCUT2D eigenvalue weighted by molar-refractivity contribution is 8.00. The molecule has 1 aromatic carbocycles. The summed E-state index contributed by atoms with van der Waals surface area (Å²) < 4.78 is 6.95. The van der Waals surface area contributed by atoms with Crippen LogP contribution < -0.4 is 5.56 Å². The predicted octanol–water partition coefficient (Wildman–Crippen LogP) is 2.80. The molecule has 3 rings (SSSR count). The number of carbonyl (C=O) groups is 1. The van der Waals surface area contributed by atoms with Gasteiger partial charge < -0.3 is 9.64 Å². The van der Waals surface area contributed by atoms with Crippen LogP contribution in [0.1, 0.15) is 36.6 Å². The molecule has 29 heavy (non-hydrogen) atoms. The van der Waals surface area contributed by atoms with Crippen LogP contribution in [0.15, 0.2) is 40.3 Å². The Balaban J connectivity index is 1.83. The maximum Gasteiger partial charge on any atom is 0.257 e. The molecule has 7 heteroatoms. The van der Waals surface area contributed by atoms with E-state index in [9.17, 15) is 9.59 Å². The van der Waals surface area contributed by atoms with Gasteiger partial charge in [-0.25, -0.2) is 4.98 Å². The fourth-order valence-corrected chi connectivity index (χ4v) is 4.74. The number of hydrogen-bond donors (Lipinski definition) is 0. The zero-order valence-corrected chi connectivity index (χ0v) is 18.2. The Morgan fingerprint density at radius 1 is 1.24 bits per heavy atom. The average Bonchev–Trinajstić information content (AvgIpc) is 2.75. The smallest absolute Gasteiger partial charge is 0.257 e. The topological polar surface area (TPSA) is 64.4 Å². The number of aromatic nitrogens is 2. The largest absolute Gasteiger partial charge is 0.378 e. The van der Waals surface area contributed by atoms with Gasteiger partial charge in [0.1, 0.15) is 0 Å². The van der Waals surface area contributed by atoms with Crippen LogP contribution in [0.3, 0.4) is 0 Å². The van der Waals surface area contributed by atoms with Crippen LogP contribution >= 0.6 is 11.8 Å². The van der Waals surface area contributed by atoms with E-state index in [2.05, 4.69) is 6.92 Å². The van der Waals surface area contributed by atoms with Crippen molar-refractivity contribution in [1.82, 2.24) is 14.5 Å². The maximum absolute atomic E-state index is 13.0. The van der Waals surface area contributed by atoms with Crippen LogP contribution in [0, 0.1) is 6.92 Å². The third kappa shape index (κ3) is 5.28. The quantitative estimate of drug-likeness (QED) is 0.514. The number of benzene rings is 1. The molecule has 1 amide bonds. The zero-order valence-electron chi connectivity index (χ0n) is 17.4. The number of morpholine rings is 1. The lowest BCUT2D eigenvalue weighted by molar-refractivity contribution is -0.134. The molecule has 0 radical (unpaired) electrons. The molecule has 2 aromatic rings. The number of thioether (sulfide) groups is 1. The van der Waals surface area contributed by atoms with Crippen molar-refractivity contribution in [2.45, 2.75) is 43.5 Å². The third-order valence-corrected chi connectivity index (χ3v) is 6.47. The highest BCUT2D eigenvalue weighted by atomic mass is 32.2.